The lowest BCUT2D eigenvalue weighted by Gasteiger charge is -2.03. The lowest BCUT2D eigenvalue weighted by molar-refractivity contribution is -0.143. The molecular formula is C20H36O2. The van der Waals surface area contributed by atoms with Crippen LogP contribution in [-0.2, 0) is 9.53 Å². The average Bonchev–Trinajstić information content (AvgIpc) is 2.52. The zero-order valence-electron chi connectivity index (χ0n) is 14.7. The number of ether oxygens (including phenoxy) is 1. The summed E-state index contributed by atoms with van der Waals surface area (Å²) in [5, 5.41) is 0. The molecule has 2 nitrogen and oxygen atoms in total. The normalized spacial score (nSPS) is 11.0. The molecule has 0 atom stereocenters. The van der Waals surface area contributed by atoms with Gasteiger partial charge in [0.1, 0.15) is 0 Å². The summed E-state index contributed by atoms with van der Waals surface area (Å²) >= 11 is 0. The summed E-state index contributed by atoms with van der Waals surface area (Å²) in [6, 6.07) is 0. The van der Waals surface area contributed by atoms with Gasteiger partial charge >= 0.3 is 5.97 Å². The zero-order valence-corrected chi connectivity index (χ0v) is 14.7. The molecular weight excluding hydrogens is 272 g/mol. The molecule has 0 aliphatic rings. The van der Waals surface area contributed by atoms with Crippen LogP contribution in [0, 0.1) is 0 Å². The van der Waals surface area contributed by atoms with Gasteiger partial charge < -0.3 is 4.74 Å². The molecule has 128 valence electrons. The molecule has 0 spiro atoms. The number of unbranched alkanes of at least 4 members (excludes halogenated alkanes) is 9. The highest BCUT2D eigenvalue weighted by atomic mass is 16.5. The molecule has 0 radical (unpaired) electrons. The van der Waals surface area contributed by atoms with E-state index in [1.165, 1.54) is 44.9 Å². The number of carbonyl (C=O) groups is 1. The fourth-order valence-electron chi connectivity index (χ4n) is 2.33. The Bertz CT molecular complexity index is 281. The molecule has 0 aromatic rings. The molecule has 0 rings (SSSR count). The van der Waals surface area contributed by atoms with E-state index in [4.69, 9.17) is 4.74 Å². The van der Waals surface area contributed by atoms with Crippen LogP contribution < -0.4 is 0 Å². The van der Waals surface area contributed by atoms with E-state index in [1.54, 1.807) is 0 Å². The van der Waals surface area contributed by atoms with Gasteiger partial charge in [0.2, 0.25) is 0 Å². The third-order valence-electron chi connectivity index (χ3n) is 3.73. The van der Waals surface area contributed by atoms with Crippen molar-refractivity contribution in [3.63, 3.8) is 0 Å². The van der Waals surface area contributed by atoms with Crippen molar-refractivity contribution < 1.29 is 9.53 Å². The Morgan fingerprint density at radius 2 is 1.50 bits per heavy atom. The van der Waals surface area contributed by atoms with Gasteiger partial charge in [-0.3, -0.25) is 4.79 Å². The molecule has 22 heavy (non-hydrogen) atoms. The van der Waals surface area contributed by atoms with Gasteiger partial charge in [0.05, 0.1) is 6.61 Å². The highest BCUT2D eigenvalue weighted by molar-refractivity contribution is 5.69. The molecule has 0 N–H and O–H groups in total. The fourth-order valence-corrected chi connectivity index (χ4v) is 2.33. The molecule has 0 aliphatic carbocycles. The number of esters is 1. The number of allylic oxidation sites excluding steroid dienone is 2. The Hall–Kier alpha value is -1.05. The minimum absolute atomic E-state index is 0.0361. The van der Waals surface area contributed by atoms with Crippen molar-refractivity contribution in [2.45, 2.75) is 90.4 Å². The SMILES string of the molecule is C=CCCCCCCCCC(=O)OCC/C=C\CCCCC. The second-order valence-electron chi connectivity index (χ2n) is 5.93. The number of hydrogen-bond donors (Lipinski definition) is 0. The molecule has 0 amide bonds. The quantitative estimate of drug-likeness (QED) is 0.188. The first-order chi connectivity index (χ1) is 10.8. The molecule has 0 bridgehead atoms. The number of hydrogen-bond acceptors (Lipinski definition) is 2. The molecule has 0 aromatic carbocycles. The first-order valence-electron chi connectivity index (χ1n) is 9.22. The minimum atomic E-state index is -0.0361. The summed E-state index contributed by atoms with van der Waals surface area (Å²) in [6.45, 7) is 6.47. The lowest BCUT2D eigenvalue weighted by Crippen LogP contribution is -2.04. The van der Waals surface area contributed by atoms with E-state index in [1.807, 2.05) is 6.08 Å². The van der Waals surface area contributed by atoms with Crippen molar-refractivity contribution in [2.75, 3.05) is 6.61 Å². The van der Waals surface area contributed by atoms with E-state index in [0.29, 0.717) is 13.0 Å². The second kappa shape index (κ2) is 18.0. The first-order valence-corrected chi connectivity index (χ1v) is 9.22. The van der Waals surface area contributed by atoms with E-state index in [-0.39, 0.29) is 5.97 Å². The highest BCUT2D eigenvalue weighted by Crippen LogP contribution is 2.09. The van der Waals surface area contributed by atoms with Crippen molar-refractivity contribution in [3.05, 3.63) is 24.8 Å². The third-order valence-corrected chi connectivity index (χ3v) is 3.73. The van der Waals surface area contributed by atoms with Gasteiger partial charge in [0.25, 0.3) is 0 Å². The van der Waals surface area contributed by atoms with Crippen LogP contribution >= 0.6 is 0 Å². The van der Waals surface area contributed by atoms with Gasteiger partial charge in [-0.1, -0.05) is 63.7 Å². The van der Waals surface area contributed by atoms with Crippen molar-refractivity contribution in [2.24, 2.45) is 0 Å². The summed E-state index contributed by atoms with van der Waals surface area (Å²) in [4.78, 5) is 11.5. The Labute approximate surface area is 138 Å². The summed E-state index contributed by atoms with van der Waals surface area (Å²) in [5.74, 6) is -0.0361. The van der Waals surface area contributed by atoms with Crippen LogP contribution in [0.1, 0.15) is 90.4 Å². The van der Waals surface area contributed by atoms with E-state index in [0.717, 1.165) is 32.1 Å². The molecule has 0 saturated carbocycles. The summed E-state index contributed by atoms with van der Waals surface area (Å²) < 4.78 is 5.23. The second-order valence-corrected chi connectivity index (χ2v) is 5.93. The molecule has 0 unspecified atom stereocenters. The summed E-state index contributed by atoms with van der Waals surface area (Å²) in [5.41, 5.74) is 0. The topological polar surface area (TPSA) is 26.3 Å². The van der Waals surface area contributed by atoms with Gasteiger partial charge in [-0.05, 0) is 38.5 Å². The standard InChI is InChI=1S/C20H36O2/c1-3-5-7-9-11-12-14-16-18-20(21)22-19-17-15-13-10-8-6-4-2/h3,13,15H,1,4-12,14,16-19H2,2H3/b15-13-. The fraction of sp³-hybridized carbons (Fsp3) is 0.750. The Morgan fingerprint density at radius 3 is 2.23 bits per heavy atom. The predicted molar refractivity (Wildman–Crippen MR) is 96.0 cm³/mol. The molecule has 0 saturated heterocycles. The van der Waals surface area contributed by atoms with E-state index >= 15 is 0 Å². The lowest BCUT2D eigenvalue weighted by atomic mass is 10.1. The molecule has 0 heterocycles. The maximum atomic E-state index is 11.5. The highest BCUT2D eigenvalue weighted by Gasteiger charge is 2.01. The minimum Gasteiger partial charge on any atom is -0.465 e. The van der Waals surface area contributed by atoms with Crippen LogP contribution in [0.5, 0.6) is 0 Å². The Morgan fingerprint density at radius 1 is 0.864 bits per heavy atom. The third kappa shape index (κ3) is 17.0. The monoisotopic (exact) mass is 308 g/mol. The molecule has 0 aromatic heterocycles. The van der Waals surface area contributed by atoms with Gasteiger partial charge in [-0.2, -0.15) is 0 Å². The molecule has 0 fully saturated rings. The summed E-state index contributed by atoms with van der Waals surface area (Å²) in [6.07, 6.45) is 21.0. The van der Waals surface area contributed by atoms with Gasteiger partial charge in [0, 0.05) is 6.42 Å². The van der Waals surface area contributed by atoms with E-state index in [9.17, 15) is 4.79 Å². The zero-order chi connectivity index (χ0) is 16.3. The Kier molecular flexibility index (Phi) is 17.1. The van der Waals surface area contributed by atoms with Crippen molar-refractivity contribution in [1.82, 2.24) is 0 Å². The number of carbonyl (C=O) groups excluding carboxylic acids is 1. The van der Waals surface area contributed by atoms with Crippen LogP contribution in [0.25, 0.3) is 0 Å². The maximum Gasteiger partial charge on any atom is 0.305 e. The maximum absolute atomic E-state index is 11.5. The summed E-state index contributed by atoms with van der Waals surface area (Å²) in [7, 11) is 0. The van der Waals surface area contributed by atoms with E-state index in [2.05, 4.69) is 25.7 Å². The van der Waals surface area contributed by atoms with Gasteiger partial charge in [-0.15, -0.1) is 6.58 Å². The van der Waals surface area contributed by atoms with Gasteiger partial charge in [-0.25, -0.2) is 0 Å². The average molecular weight is 309 g/mol. The largest absolute Gasteiger partial charge is 0.465 e. The predicted octanol–water partition coefficient (Wildman–Crippen LogP) is 6.36. The van der Waals surface area contributed by atoms with Crippen LogP contribution in [0.2, 0.25) is 0 Å². The number of rotatable bonds is 16. The van der Waals surface area contributed by atoms with Crippen molar-refractivity contribution >= 4 is 5.97 Å². The van der Waals surface area contributed by atoms with Crippen molar-refractivity contribution in [3.8, 4) is 0 Å². The van der Waals surface area contributed by atoms with Crippen LogP contribution in [0.3, 0.4) is 0 Å². The smallest absolute Gasteiger partial charge is 0.305 e. The Balaban J connectivity index is 3.24. The van der Waals surface area contributed by atoms with E-state index < -0.39 is 0 Å². The molecule has 0 aliphatic heterocycles. The molecule has 2 heteroatoms. The van der Waals surface area contributed by atoms with Gasteiger partial charge in [0.15, 0.2) is 0 Å². The van der Waals surface area contributed by atoms with Crippen LogP contribution in [0.15, 0.2) is 24.8 Å². The first kappa shape index (κ1) is 20.9. The van der Waals surface area contributed by atoms with Crippen LogP contribution in [0.4, 0.5) is 0 Å². The van der Waals surface area contributed by atoms with Crippen LogP contribution in [-0.4, -0.2) is 12.6 Å². The van der Waals surface area contributed by atoms with Crippen molar-refractivity contribution in [1.29, 1.82) is 0 Å².